The minimum absolute atomic E-state index is 0.365. The second kappa shape index (κ2) is 4.56. The Labute approximate surface area is 91.6 Å². The summed E-state index contributed by atoms with van der Waals surface area (Å²) in [5, 5.41) is 20.1. The molecule has 2 N–H and O–H groups in total. The summed E-state index contributed by atoms with van der Waals surface area (Å²) >= 11 is 0. The molecule has 0 spiro atoms. The monoisotopic (exact) mass is 208 g/mol. The largest absolute Gasteiger partial charge is 0.507 e. The van der Waals surface area contributed by atoms with Crippen LogP contribution in [0.3, 0.4) is 0 Å². The second-order valence-electron chi connectivity index (χ2n) is 3.82. The molecule has 0 heterocycles. The molecule has 15 heavy (non-hydrogen) atoms. The molecule has 0 atom stereocenters. The van der Waals surface area contributed by atoms with Crippen LogP contribution in [0.5, 0.6) is 11.5 Å². The van der Waals surface area contributed by atoms with Gasteiger partial charge in [-0.15, -0.1) is 0 Å². The minimum Gasteiger partial charge on any atom is -0.507 e. The SMILES string of the molecule is CCc1c(C)c(O)c(CC)c(CC)c1O. The summed E-state index contributed by atoms with van der Waals surface area (Å²) in [6.45, 7) is 7.86. The minimum atomic E-state index is 0.365. The molecule has 2 nitrogen and oxygen atoms in total. The van der Waals surface area contributed by atoms with Gasteiger partial charge in [0.2, 0.25) is 0 Å². The normalized spacial score (nSPS) is 10.7. The van der Waals surface area contributed by atoms with E-state index in [1.165, 1.54) is 0 Å². The zero-order valence-corrected chi connectivity index (χ0v) is 10.0. The van der Waals surface area contributed by atoms with Gasteiger partial charge in [-0.1, -0.05) is 20.8 Å². The molecule has 1 aromatic carbocycles. The van der Waals surface area contributed by atoms with E-state index < -0.39 is 0 Å². The van der Waals surface area contributed by atoms with Crippen LogP contribution in [0.4, 0.5) is 0 Å². The van der Waals surface area contributed by atoms with E-state index in [9.17, 15) is 10.2 Å². The zero-order valence-electron chi connectivity index (χ0n) is 10.0. The molecular weight excluding hydrogens is 188 g/mol. The van der Waals surface area contributed by atoms with Crippen LogP contribution in [0, 0.1) is 6.92 Å². The van der Waals surface area contributed by atoms with Crippen molar-refractivity contribution in [3.8, 4) is 11.5 Å². The van der Waals surface area contributed by atoms with Crippen LogP contribution >= 0.6 is 0 Å². The van der Waals surface area contributed by atoms with Gasteiger partial charge in [0, 0.05) is 16.7 Å². The van der Waals surface area contributed by atoms with Crippen LogP contribution in [0.1, 0.15) is 43.0 Å². The van der Waals surface area contributed by atoms with E-state index in [-0.39, 0.29) is 0 Å². The van der Waals surface area contributed by atoms with Crippen molar-refractivity contribution in [2.75, 3.05) is 0 Å². The molecule has 0 aromatic heterocycles. The summed E-state index contributed by atoms with van der Waals surface area (Å²) in [6.07, 6.45) is 2.27. The second-order valence-corrected chi connectivity index (χ2v) is 3.82. The van der Waals surface area contributed by atoms with E-state index in [2.05, 4.69) is 0 Å². The lowest BCUT2D eigenvalue weighted by molar-refractivity contribution is 0.440. The first-order chi connectivity index (χ1) is 7.08. The summed E-state index contributed by atoms with van der Waals surface area (Å²) in [6, 6.07) is 0. The van der Waals surface area contributed by atoms with Crippen molar-refractivity contribution in [1.82, 2.24) is 0 Å². The fourth-order valence-electron chi connectivity index (χ4n) is 2.21. The molecule has 0 radical (unpaired) electrons. The molecule has 0 amide bonds. The third-order valence-electron chi connectivity index (χ3n) is 3.09. The summed E-state index contributed by atoms with van der Waals surface area (Å²) in [5.41, 5.74) is 3.49. The molecule has 0 unspecified atom stereocenters. The Hall–Kier alpha value is -1.18. The summed E-state index contributed by atoms with van der Waals surface area (Å²) < 4.78 is 0. The smallest absolute Gasteiger partial charge is 0.122 e. The number of aromatic hydroxyl groups is 2. The maximum atomic E-state index is 10.1. The van der Waals surface area contributed by atoms with Gasteiger partial charge in [-0.2, -0.15) is 0 Å². The molecule has 0 fully saturated rings. The van der Waals surface area contributed by atoms with Crippen LogP contribution in [0.2, 0.25) is 0 Å². The van der Waals surface area contributed by atoms with E-state index in [0.29, 0.717) is 11.5 Å². The lowest BCUT2D eigenvalue weighted by atomic mass is 9.92. The van der Waals surface area contributed by atoms with Crippen LogP contribution in [-0.2, 0) is 19.3 Å². The Balaban J connectivity index is 3.57. The highest BCUT2D eigenvalue weighted by atomic mass is 16.3. The average Bonchev–Trinajstić information content (AvgIpc) is 2.23. The first-order valence-corrected chi connectivity index (χ1v) is 5.63. The van der Waals surface area contributed by atoms with E-state index >= 15 is 0 Å². The molecule has 0 bridgehead atoms. The fraction of sp³-hybridized carbons (Fsp3) is 0.538. The standard InChI is InChI=1S/C13H20O2/c1-5-9-8(4)12(14)10(6-2)11(7-3)13(9)15/h14-15H,5-7H2,1-4H3. The Kier molecular flexibility index (Phi) is 3.61. The third-order valence-corrected chi connectivity index (χ3v) is 3.09. The van der Waals surface area contributed by atoms with Crippen molar-refractivity contribution in [2.24, 2.45) is 0 Å². The first-order valence-electron chi connectivity index (χ1n) is 5.63. The maximum absolute atomic E-state index is 10.1. The molecule has 0 aliphatic carbocycles. The average molecular weight is 208 g/mol. The summed E-state index contributed by atoms with van der Waals surface area (Å²) in [4.78, 5) is 0. The van der Waals surface area contributed by atoms with Gasteiger partial charge < -0.3 is 10.2 Å². The predicted octanol–water partition coefficient (Wildman–Crippen LogP) is 3.09. The summed E-state index contributed by atoms with van der Waals surface area (Å²) in [7, 11) is 0. The van der Waals surface area contributed by atoms with Gasteiger partial charge in [0.25, 0.3) is 0 Å². The molecule has 1 aromatic rings. The molecule has 1 rings (SSSR count). The van der Waals surface area contributed by atoms with Gasteiger partial charge in [0.05, 0.1) is 0 Å². The maximum Gasteiger partial charge on any atom is 0.122 e. The lowest BCUT2D eigenvalue weighted by Crippen LogP contribution is -1.99. The highest BCUT2D eigenvalue weighted by Crippen LogP contribution is 2.37. The van der Waals surface area contributed by atoms with Gasteiger partial charge in [-0.25, -0.2) is 0 Å². The van der Waals surface area contributed by atoms with Crippen LogP contribution in [-0.4, -0.2) is 10.2 Å². The number of hydrogen-bond acceptors (Lipinski definition) is 2. The Bertz CT molecular complexity index is 368. The van der Waals surface area contributed by atoms with Gasteiger partial charge >= 0.3 is 0 Å². The number of phenolic OH excluding ortho intramolecular Hbond substituents is 2. The first kappa shape index (κ1) is 11.9. The molecule has 0 aliphatic heterocycles. The van der Waals surface area contributed by atoms with Crippen molar-refractivity contribution in [2.45, 2.75) is 47.0 Å². The fourth-order valence-corrected chi connectivity index (χ4v) is 2.21. The van der Waals surface area contributed by atoms with Crippen molar-refractivity contribution in [1.29, 1.82) is 0 Å². The van der Waals surface area contributed by atoms with Crippen molar-refractivity contribution in [3.05, 3.63) is 22.3 Å². The quantitative estimate of drug-likeness (QED) is 0.749. The van der Waals surface area contributed by atoms with Gasteiger partial charge in [-0.3, -0.25) is 0 Å². The Morgan fingerprint density at radius 2 is 1.13 bits per heavy atom. The molecule has 2 heteroatoms. The Morgan fingerprint density at radius 1 is 0.733 bits per heavy atom. The van der Waals surface area contributed by atoms with Gasteiger partial charge in [0.1, 0.15) is 11.5 Å². The summed E-state index contributed by atoms with van der Waals surface area (Å²) in [5.74, 6) is 0.746. The highest BCUT2D eigenvalue weighted by Gasteiger charge is 2.17. The van der Waals surface area contributed by atoms with Crippen molar-refractivity contribution < 1.29 is 10.2 Å². The molecule has 0 saturated carbocycles. The number of benzene rings is 1. The zero-order chi connectivity index (χ0) is 11.6. The van der Waals surface area contributed by atoms with E-state index in [4.69, 9.17) is 0 Å². The number of hydrogen-bond donors (Lipinski definition) is 2. The van der Waals surface area contributed by atoms with Crippen LogP contribution in [0.15, 0.2) is 0 Å². The van der Waals surface area contributed by atoms with Gasteiger partial charge in [-0.05, 0) is 31.7 Å². The molecular formula is C13H20O2. The Morgan fingerprint density at radius 3 is 1.53 bits per heavy atom. The number of phenols is 2. The molecule has 84 valence electrons. The predicted molar refractivity (Wildman–Crippen MR) is 62.6 cm³/mol. The highest BCUT2D eigenvalue weighted by molar-refractivity contribution is 5.57. The lowest BCUT2D eigenvalue weighted by Gasteiger charge is -2.17. The van der Waals surface area contributed by atoms with Crippen molar-refractivity contribution >= 4 is 0 Å². The van der Waals surface area contributed by atoms with E-state index in [0.717, 1.165) is 41.5 Å². The van der Waals surface area contributed by atoms with Gasteiger partial charge in [0.15, 0.2) is 0 Å². The van der Waals surface area contributed by atoms with Crippen molar-refractivity contribution in [3.63, 3.8) is 0 Å². The van der Waals surface area contributed by atoms with Crippen LogP contribution in [0.25, 0.3) is 0 Å². The topological polar surface area (TPSA) is 40.5 Å². The van der Waals surface area contributed by atoms with E-state index in [1.807, 2.05) is 27.7 Å². The number of rotatable bonds is 3. The third kappa shape index (κ3) is 1.81. The molecule has 0 saturated heterocycles. The van der Waals surface area contributed by atoms with E-state index in [1.54, 1.807) is 0 Å². The molecule has 0 aliphatic rings. The van der Waals surface area contributed by atoms with Crippen LogP contribution < -0.4 is 0 Å².